The number of pyridine rings is 1. The molecule has 0 fully saturated rings. The van der Waals surface area contributed by atoms with Crippen LogP contribution in [0.25, 0.3) is 0 Å². The average molecular weight is 198 g/mol. The second kappa shape index (κ2) is 3.65. The van der Waals surface area contributed by atoms with E-state index in [0.29, 0.717) is 4.74 Å². The van der Waals surface area contributed by atoms with Gasteiger partial charge in [0.05, 0.1) is 8.30 Å². The second-order valence-electron chi connectivity index (χ2n) is 3.81. The first-order valence-corrected chi connectivity index (χ1v) is 4.08. The molecule has 0 radical (unpaired) electrons. The van der Waals surface area contributed by atoms with E-state index in [-0.39, 0.29) is 10.3 Å². The summed E-state index contributed by atoms with van der Waals surface area (Å²) in [6, 6.07) is -1.06. The molecule has 1 heterocycles. The van der Waals surface area contributed by atoms with Gasteiger partial charge in [-0.1, -0.05) is 0 Å². The van der Waals surface area contributed by atoms with E-state index in [4.69, 9.17) is 5.48 Å². The molecule has 1 aromatic heterocycles. The van der Waals surface area contributed by atoms with Crippen LogP contribution in [0.15, 0.2) is 24.4 Å². The van der Waals surface area contributed by atoms with Crippen LogP contribution in [-0.2, 0) is 0 Å². The average Bonchev–Trinajstić information content (AvgIpc) is 2.28. The molecule has 0 saturated carbocycles. The highest BCUT2D eigenvalue weighted by Gasteiger charge is 2.17. The van der Waals surface area contributed by atoms with Gasteiger partial charge in [0.15, 0.2) is 24.1 Å². The van der Waals surface area contributed by atoms with Crippen LogP contribution in [0.1, 0.15) is 31.8 Å². The molecule has 0 aromatic carbocycles. The monoisotopic (exact) mass is 198 g/mol. The van der Waals surface area contributed by atoms with E-state index in [1.54, 1.807) is 20.8 Å². The third kappa shape index (κ3) is 2.73. The highest BCUT2D eigenvalue weighted by molar-refractivity contribution is 5.75. The fourth-order valence-electron chi connectivity index (χ4n) is 0.657. The summed E-state index contributed by atoms with van der Waals surface area (Å²) in [7, 11) is 0. The van der Waals surface area contributed by atoms with Gasteiger partial charge in [0, 0.05) is 32.9 Å². The van der Waals surface area contributed by atoms with Gasteiger partial charge in [-0.05, 0) is 0 Å². The van der Waals surface area contributed by atoms with Crippen molar-refractivity contribution in [2.45, 2.75) is 26.3 Å². The molecular formula is C10H14N2O2. The lowest BCUT2D eigenvalue weighted by Gasteiger charge is -2.18. The van der Waals surface area contributed by atoms with E-state index in [1.807, 2.05) is 0 Å². The number of hydrogen-bond donors (Lipinski definition) is 0. The molecule has 1 rings (SSSR count). The molecule has 0 unspecified atom stereocenters. The number of hydroxylamine groups is 1. The molecule has 4 nitrogen and oxygen atoms in total. The van der Waals surface area contributed by atoms with Crippen molar-refractivity contribution in [3.8, 4) is 0 Å². The molecule has 0 aliphatic rings. The second-order valence-corrected chi connectivity index (χ2v) is 3.81. The fourth-order valence-corrected chi connectivity index (χ4v) is 0.657. The Morgan fingerprint density at radius 3 is 2.36 bits per heavy atom. The minimum atomic E-state index is -0.771. The Morgan fingerprint density at radius 1 is 1.43 bits per heavy atom. The van der Waals surface area contributed by atoms with Crippen LogP contribution in [0, 0.1) is 10.4 Å². The lowest BCUT2D eigenvalue weighted by Crippen LogP contribution is -2.30. The maximum Gasteiger partial charge on any atom is 0.182 e. The van der Waals surface area contributed by atoms with E-state index < -0.39 is 30.0 Å². The van der Waals surface area contributed by atoms with Gasteiger partial charge in [0.2, 0.25) is 0 Å². The predicted octanol–water partition coefficient (Wildman–Crippen LogP) is 1.05. The maximum atomic E-state index is 11.7. The smallest absolute Gasteiger partial charge is 0.182 e. The van der Waals surface area contributed by atoms with E-state index in [0.717, 1.165) is 6.21 Å². The maximum absolute atomic E-state index is 11.7. The lowest BCUT2D eigenvalue weighted by atomic mass is 10.1. The first kappa shape index (κ1) is 6.01. The molecule has 0 aliphatic carbocycles. The van der Waals surface area contributed by atoms with E-state index >= 15 is 0 Å². The molecule has 76 valence electrons. The first-order valence-electron chi connectivity index (χ1n) is 6.08. The van der Waals surface area contributed by atoms with Crippen molar-refractivity contribution in [1.82, 2.24) is 0 Å². The van der Waals surface area contributed by atoms with Gasteiger partial charge in [-0.25, -0.2) is 4.74 Å². The molecule has 0 aliphatic heterocycles. The molecule has 0 spiro atoms. The minimum absolute atomic E-state index is 0.117. The Balaban J connectivity index is 3.53. The zero-order chi connectivity index (χ0) is 14.2. The predicted molar refractivity (Wildman–Crippen MR) is 53.9 cm³/mol. The highest BCUT2D eigenvalue weighted by Crippen LogP contribution is 2.05. The number of hydrogen-bond acceptors (Lipinski definition) is 2. The van der Waals surface area contributed by atoms with Crippen LogP contribution in [0.3, 0.4) is 0 Å². The van der Waals surface area contributed by atoms with Crippen LogP contribution < -0.4 is 4.73 Å². The molecular weight excluding hydrogens is 180 g/mol. The van der Waals surface area contributed by atoms with Gasteiger partial charge in [0.25, 0.3) is 0 Å². The highest BCUT2D eigenvalue weighted by atomic mass is 16.5. The Hall–Kier alpha value is -1.58. The first-order chi connectivity index (χ1) is 8.07. The Bertz CT molecular complexity index is 495. The topological polar surface area (TPSA) is 53.0 Å². The third-order valence-corrected chi connectivity index (χ3v) is 1.49. The molecule has 0 saturated heterocycles. The van der Waals surface area contributed by atoms with E-state index in [9.17, 15) is 10.4 Å². The largest absolute Gasteiger partial charge is 0.623 e. The van der Waals surface area contributed by atoms with E-state index in [2.05, 4.69) is 0 Å². The van der Waals surface area contributed by atoms with Gasteiger partial charge < -0.3 is 10.4 Å². The molecule has 1 aromatic rings. The summed E-state index contributed by atoms with van der Waals surface area (Å²) >= 11 is 0. The molecule has 0 N–H and O–H groups in total. The van der Waals surface area contributed by atoms with Crippen molar-refractivity contribution >= 4 is 6.21 Å². The van der Waals surface area contributed by atoms with Gasteiger partial charge in [-0.2, -0.15) is 4.73 Å². The molecule has 0 bridgehead atoms. The molecule has 0 atom stereocenters. The summed E-state index contributed by atoms with van der Waals surface area (Å²) in [6.07, 6.45) is -0.519. The summed E-state index contributed by atoms with van der Waals surface area (Å²) < 4.78 is 30.2. The summed E-state index contributed by atoms with van der Waals surface area (Å²) in [6.45, 7) is 4.93. The molecule has 0 amide bonds. The van der Waals surface area contributed by atoms with Crippen LogP contribution in [0.2, 0.25) is 0 Å². The standard InChI is InChI=1S/C10H14N2O2/c1-10(2,3)12(14)8-9-4-6-11(13)7-5-9/h4-8H,1-3H3/b12-8+/i4D,5D,6D,7D. The number of aromatic nitrogens is 1. The van der Waals surface area contributed by atoms with Crippen molar-refractivity contribution in [1.29, 1.82) is 0 Å². The summed E-state index contributed by atoms with van der Waals surface area (Å²) in [5, 5.41) is 23.0. The Kier molecular flexibility index (Phi) is 1.57. The number of rotatable bonds is 1. The zero-order valence-corrected chi connectivity index (χ0v) is 8.29. The van der Waals surface area contributed by atoms with Crippen molar-refractivity contribution in [2.24, 2.45) is 0 Å². The van der Waals surface area contributed by atoms with Gasteiger partial charge >= 0.3 is 0 Å². The summed E-state index contributed by atoms with van der Waals surface area (Å²) in [4.78, 5) is 0. The molecule has 14 heavy (non-hydrogen) atoms. The zero-order valence-electron chi connectivity index (χ0n) is 12.3. The van der Waals surface area contributed by atoms with Crippen molar-refractivity contribution in [3.05, 3.63) is 40.4 Å². The van der Waals surface area contributed by atoms with Crippen LogP contribution in [-0.4, -0.2) is 16.5 Å². The molecule has 4 heteroatoms. The van der Waals surface area contributed by atoms with Gasteiger partial charge in [-0.15, -0.1) is 0 Å². The van der Waals surface area contributed by atoms with Crippen LogP contribution >= 0.6 is 0 Å². The summed E-state index contributed by atoms with van der Waals surface area (Å²) in [5.74, 6) is 0. The minimum Gasteiger partial charge on any atom is -0.623 e. The van der Waals surface area contributed by atoms with Crippen molar-refractivity contribution in [3.63, 3.8) is 0 Å². The lowest BCUT2D eigenvalue weighted by molar-refractivity contribution is -0.605. The summed E-state index contributed by atoms with van der Waals surface area (Å²) in [5.41, 5.74) is -0.964. The van der Waals surface area contributed by atoms with Gasteiger partial charge in [-0.3, -0.25) is 0 Å². The van der Waals surface area contributed by atoms with E-state index in [1.165, 1.54) is 0 Å². The van der Waals surface area contributed by atoms with Gasteiger partial charge in [0.1, 0.15) is 2.74 Å². The Morgan fingerprint density at radius 2 is 1.93 bits per heavy atom. The van der Waals surface area contributed by atoms with Crippen molar-refractivity contribution < 1.29 is 15.0 Å². The van der Waals surface area contributed by atoms with Crippen LogP contribution in [0.4, 0.5) is 0 Å². The Labute approximate surface area is 88.9 Å². The normalized spacial score (nSPS) is 16.9. The van der Waals surface area contributed by atoms with Crippen molar-refractivity contribution in [2.75, 3.05) is 0 Å². The SMILES string of the molecule is [2H]c1c(/C=[N+](/[O-])C(C)(C)C)c([2H])c([2H])[n+]([O-])c1[2H]. The number of nitrogens with zero attached hydrogens (tertiary/aromatic N) is 2. The fraction of sp³-hybridized carbons (Fsp3) is 0.400. The van der Waals surface area contributed by atoms with Crippen LogP contribution in [0.5, 0.6) is 0 Å². The third-order valence-electron chi connectivity index (χ3n) is 1.49. The quantitative estimate of drug-likeness (QED) is 0.293.